The van der Waals surface area contributed by atoms with E-state index in [-0.39, 0.29) is 17.0 Å². The molecule has 1 unspecified atom stereocenters. The van der Waals surface area contributed by atoms with E-state index in [4.69, 9.17) is 0 Å². The summed E-state index contributed by atoms with van der Waals surface area (Å²) in [6, 6.07) is 6.17. The normalized spacial score (nSPS) is 15.7. The van der Waals surface area contributed by atoms with Gasteiger partial charge in [0.1, 0.15) is 5.82 Å². The van der Waals surface area contributed by atoms with E-state index in [0.717, 1.165) is 30.3 Å². The Balaban J connectivity index is 1.59. The average Bonchev–Trinajstić information content (AvgIpc) is 3.18. The van der Waals surface area contributed by atoms with Gasteiger partial charge in [-0.05, 0) is 38.0 Å². The van der Waals surface area contributed by atoms with Crippen molar-refractivity contribution in [2.24, 2.45) is 0 Å². The molecule has 3 rings (SSSR count). The largest absolute Gasteiger partial charge is 0.342 e. The molecule has 1 aromatic heterocycles. The maximum Gasteiger partial charge on any atom is 0.235 e. The number of hydrogen-bond acceptors (Lipinski definition) is 6. The molecule has 1 saturated heterocycles. The Bertz CT molecular complexity index is 688. The summed E-state index contributed by atoms with van der Waals surface area (Å²) in [5, 5.41) is 11.6. The number of anilines is 2. The van der Waals surface area contributed by atoms with Crippen LogP contribution in [0.2, 0.25) is 0 Å². The summed E-state index contributed by atoms with van der Waals surface area (Å²) >= 11 is 2.77. The molecule has 2 aromatic rings. The second kappa shape index (κ2) is 7.27. The first kappa shape index (κ1) is 16.2. The first-order chi connectivity index (χ1) is 11.1. The Hall–Kier alpha value is -1.67. The topological polar surface area (TPSA) is 58.1 Å². The summed E-state index contributed by atoms with van der Waals surface area (Å²) in [6.45, 7) is 3.60. The van der Waals surface area contributed by atoms with E-state index in [1.807, 2.05) is 11.8 Å². The predicted octanol–water partition coefficient (Wildman–Crippen LogP) is 3.52. The van der Waals surface area contributed by atoms with Crippen molar-refractivity contribution in [2.45, 2.75) is 29.4 Å². The van der Waals surface area contributed by atoms with Gasteiger partial charge >= 0.3 is 0 Å². The molecule has 0 radical (unpaired) electrons. The van der Waals surface area contributed by atoms with Crippen molar-refractivity contribution in [2.75, 3.05) is 18.4 Å². The number of likely N-dealkylation sites (tertiary alicyclic amines) is 1. The van der Waals surface area contributed by atoms with Crippen LogP contribution >= 0.6 is 23.1 Å². The van der Waals surface area contributed by atoms with Crippen LogP contribution in [0.5, 0.6) is 0 Å². The lowest BCUT2D eigenvalue weighted by Crippen LogP contribution is -2.33. The van der Waals surface area contributed by atoms with Crippen LogP contribution in [0.4, 0.5) is 15.2 Å². The highest BCUT2D eigenvalue weighted by Gasteiger charge is 2.25. The Morgan fingerprint density at radius 3 is 2.91 bits per heavy atom. The highest BCUT2D eigenvalue weighted by molar-refractivity contribution is 8.02. The Kier molecular flexibility index (Phi) is 5.12. The van der Waals surface area contributed by atoms with Crippen LogP contribution in [-0.4, -0.2) is 39.3 Å². The van der Waals surface area contributed by atoms with Gasteiger partial charge in [0, 0.05) is 18.8 Å². The number of benzene rings is 1. The maximum atomic E-state index is 13.2. The summed E-state index contributed by atoms with van der Waals surface area (Å²) in [5.74, 6) is -0.152. The SMILES string of the molecule is CC(Sc1nnc(Nc2cccc(F)c2)s1)C(=O)N1CCCC1. The highest BCUT2D eigenvalue weighted by atomic mass is 32.2. The van der Waals surface area contributed by atoms with E-state index in [1.165, 1.54) is 35.2 Å². The third kappa shape index (κ3) is 4.20. The highest BCUT2D eigenvalue weighted by Crippen LogP contribution is 2.31. The number of nitrogens with one attached hydrogen (secondary N) is 1. The molecule has 1 fully saturated rings. The van der Waals surface area contributed by atoms with Gasteiger partial charge in [0.2, 0.25) is 11.0 Å². The zero-order chi connectivity index (χ0) is 16.2. The van der Waals surface area contributed by atoms with Crippen LogP contribution in [0.3, 0.4) is 0 Å². The van der Waals surface area contributed by atoms with Crippen LogP contribution in [-0.2, 0) is 4.79 Å². The molecule has 23 heavy (non-hydrogen) atoms. The van der Waals surface area contributed by atoms with Gasteiger partial charge in [0.05, 0.1) is 5.25 Å². The first-order valence-electron chi connectivity index (χ1n) is 7.43. The van der Waals surface area contributed by atoms with Gasteiger partial charge in [-0.1, -0.05) is 29.2 Å². The molecule has 1 aliphatic rings. The van der Waals surface area contributed by atoms with Crippen LogP contribution in [0.1, 0.15) is 19.8 Å². The van der Waals surface area contributed by atoms with Gasteiger partial charge in [-0.15, -0.1) is 10.2 Å². The number of aromatic nitrogens is 2. The van der Waals surface area contributed by atoms with Gasteiger partial charge in [-0.25, -0.2) is 4.39 Å². The molecule has 0 saturated carbocycles. The molecule has 1 amide bonds. The first-order valence-corrected chi connectivity index (χ1v) is 9.13. The Morgan fingerprint density at radius 2 is 2.17 bits per heavy atom. The Labute approximate surface area is 142 Å². The fourth-order valence-corrected chi connectivity index (χ4v) is 4.39. The lowest BCUT2D eigenvalue weighted by molar-refractivity contribution is -0.129. The predicted molar refractivity (Wildman–Crippen MR) is 90.7 cm³/mol. The summed E-state index contributed by atoms with van der Waals surface area (Å²) in [4.78, 5) is 14.2. The van der Waals surface area contributed by atoms with Gasteiger partial charge in [0.25, 0.3) is 0 Å². The van der Waals surface area contributed by atoms with E-state index < -0.39 is 0 Å². The summed E-state index contributed by atoms with van der Waals surface area (Å²) in [5.41, 5.74) is 0.624. The van der Waals surface area contributed by atoms with Crippen molar-refractivity contribution in [3.05, 3.63) is 30.1 Å². The fourth-order valence-electron chi connectivity index (χ4n) is 2.39. The second-order valence-electron chi connectivity index (χ2n) is 5.30. The molecular formula is C15H17FN4OS2. The van der Waals surface area contributed by atoms with Crippen LogP contribution in [0, 0.1) is 5.82 Å². The number of thioether (sulfide) groups is 1. The smallest absolute Gasteiger partial charge is 0.235 e. The molecule has 0 bridgehead atoms. The third-order valence-corrected chi connectivity index (χ3v) is 5.54. The van der Waals surface area contributed by atoms with Gasteiger partial charge in [-0.2, -0.15) is 0 Å². The number of carbonyl (C=O) groups is 1. The molecular weight excluding hydrogens is 335 g/mol. The lowest BCUT2D eigenvalue weighted by atomic mass is 10.3. The molecule has 1 atom stereocenters. The minimum atomic E-state index is -0.307. The van der Waals surface area contributed by atoms with E-state index in [1.54, 1.807) is 12.1 Å². The number of hydrogen-bond donors (Lipinski definition) is 1. The van der Waals surface area contributed by atoms with Crippen molar-refractivity contribution >= 4 is 39.8 Å². The average molecular weight is 352 g/mol. The summed E-state index contributed by atoms with van der Waals surface area (Å²) in [6.07, 6.45) is 2.17. The van der Waals surface area contributed by atoms with Crippen molar-refractivity contribution in [3.63, 3.8) is 0 Å². The van der Waals surface area contributed by atoms with Crippen molar-refractivity contribution < 1.29 is 9.18 Å². The second-order valence-corrected chi connectivity index (χ2v) is 7.87. The Morgan fingerprint density at radius 1 is 1.39 bits per heavy atom. The van der Waals surface area contributed by atoms with Crippen LogP contribution < -0.4 is 5.32 Å². The number of halogens is 1. The lowest BCUT2D eigenvalue weighted by Gasteiger charge is -2.18. The van der Waals surface area contributed by atoms with Gasteiger partial charge in [0.15, 0.2) is 4.34 Å². The summed E-state index contributed by atoms with van der Waals surface area (Å²) < 4.78 is 13.9. The molecule has 1 aliphatic heterocycles. The standard InChI is InChI=1S/C15H17FN4OS2/c1-10(13(21)20-7-2-3-8-20)22-15-19-18-14(23-15)17-12-6-4-5-11(16)9-12/h4-6,9-10H,2-3,7-8H2,1H3,(H,17,18). The number of rotatable bonds is 5. The number of carbonyl (C=O) groups excluding carboxylic acids is 1. The van der Waals surface area contributed by atoms with Gasteiger partial charge < -0.3 is 10.2 Å². The molecule has 5 nitrogen and oxygen atoms in total. The molecule has 1 aromatic carbocycles. The van der Waals surface area contributed by atoms with E-state index in [2.05, 4.69) is 15.5 Å². The minimum absolute atomic E-state index is 0.155. The maximum absolute atomic E-state index is 13.2. The summed E-state index contributed by atoms with van der Waals surface area (Å²) in [7, 11) is 0. The molecule has 1 N–H and O–H groups in total. The van der Waals surface area contributed by atoms with Crippen LogP contribution in [0.25, 0.3) is 0 Å². The molecule has 122 valence electrons. The number of nitrogens with zero attached hydrogens (tertiary/aromatic N) is 3. The van der Waals surface area contributed by atoms with E-state index >= 15 is 0 Å². The molecule has 0 aliphatic carbocycles. The van der Waals surface area contributed by atoms with Crippen molar-refractivity contribution in [3.8, 4) is 0 Å². The van der Waals surface area contributed by atoms with Crippen molar-refractivity contribution in [1.82, 2.24) is 15.1 Å². The zero-order valence-corrected chi connectivity index (χ0v) is 14.3. The van der Waals surface area contributed by atoms with Crippen molar-refractivity contribution in [1.29, 1.82) is 0 Å². The number of amides is 1. The van der Waals surface area contributed by atoms with Crippen LogP contribution in [0.15, 0.2) is 28.6 Å². The molecule has 0 spiro atoms. The van der Waals surface area contributed by atoms with E-state index in [9.17, 15) is 9.18 Å². The fraction of sp³-hybridized carbons (Fsp3) is 0.400. The van der Waals surface area contributed by atoms with Gasteiger partial charge in [-0.3, -0.25) is 4.79 Å². The molecule has 8 heteroatoms. The molecule has 2 heterocycles. The zero-order valence-electron chi connectivity index (χ0n) is 12.7. The van der Waals surface area contributed by atoms with E-state index in [0.29, 0.717) is 10.8 Å². The quantitative estimate of drug-likeness (QED) is 0.835. The third-order valence-electron chi connectivity index (χ3n) is 3.53. The minimum Gasteiger partial charge on any atom is -0.342 e. The monoisotopic (exact) mass is 352 g/mol.